The monoisotopic (exact) mass is 318 g/mol. The second-order valence-electron chi connectivity index (χ2n) is 6.39. The number of hydrogen-bond acceptors (Lipinski definition) is 4. The SMILES string of the molecule is Cc1cc(C(C)(C)N2C=CN(c3scc[n+]3C)[C@H]2C)n(C)n1. The van der Waals surface area contributed by atoms with E-state index in [1.54, 1.807) is 11.3 Å². The van der Waals surface area contributed by atoms with Crippen LogP contribution in [0.3, 0.4) is 0 Å². The van der Waals surface area contributed by atoms with Gasteiger partial charge in [-0.1, -0.05) is 11.3 Å². The zero-order valence-electron chi connectivity index (χ0n) is 14.1. The molecule has 118 valence electrons. The molecule has 0 N–H and O–H groups in total. The van der Waals surface area contributed by atoms with E-state index >= 15 is 0 Å². The summed E-state index contributed by atoms with van der Waals surface area (Å²) in [6, 6.07) is 2.17. The van der Waals surface area contributed by atoms with Gasteiger partial charge < -0.3 is 4.90 Å². The zero-order valence-corrected chi connectivity index (χ0v) is 14.9. The minimum Gasteiger partial charge on any atom is -0.325 e. The Morgan fingerprint density at radius 1 is 1.32 bits per heavy atom. The van der Waals surface area contributed by atoms with Crippen molar-refractivity contribution in [3.8, 4) is 0 Å². The van der Waals surface area contributed by atoms with Gasteiger partial charge in [0.25, 0.3) is 0 Å². The van der Waals surface area contributed by atoms with Crippen LogP contribution in [0.4, 0.5) is 5.13 Å². The van der Waals surface area contributed by atoms with Crippen molar-refractivity contribution in [2.75, 3.05) is 4.90 Å². The molecule has 5 nitrogen and oxygen atoms in total. The minimum atomic E-state index is -0.128. The molecular formula is C16H24N5S+. The molecular weight excluding hydrogens is 294 g/mol. The molecule has 0 radical (unpaired) electrons. The fraction of sp³-hybridized carbons (Fsp3) is 0.500. The average Bonchev–Trinajstić information content (AvgIpc) is 3.09. The van der Waals surface area contributed by atoms with E-state index in [-0.39, 0.29) is 11.7 Å². The van der Waals surface area contributed by atoms with Gasteiger partial charge >= 0.3 is 5.13 Å². The number of aryl methyl sites for hydroxylation is 3. The molecule has 3 rings (SSSR count). The van der Waals surface area contributed by atoms with Crippen molar-refractivity contribution in [2.45, 2.75) is 39.4 Å². The molecule has 0 aliphatic carbocycles. The fourth-order valence-electron chi connectivity index (χ4n) is 3.29. The van der Waals surface area contributed by atoms with Gasteiger partial charge in [-0.25, -0.2) is 9.47 Å². The highest BCUT2D eigenvalue weighted by Crippen LogP contribution is 2.35. The van der Waals surface area contributed by atoms with Gasteiger partial charge in [-0.15, -0.1) is 0 Å². The van der Waals surface area contributed by atoms with Gasteiger partial charge in [0, 0.05) is 18.6 Å². The van der Waals surface area contributed by atoms with Gasteiger partial charge in [-0.3, -0.25) is 4.68 Å². The number of thiazole rings is 1. The van der Waals surface area contributed by atoms with Crippen LogP contribution in [0.25, 0.3) is 0 Å². The van der Waals surface area contributed by atoms with Gasteiger partial charge in [0.2, 0.25) is 0 Å². The predicted octanol–water partition coefficient (Wildman–Crippen LogP) is 2.49. The van der Waals surface area contributed by atoms with Crippen molar-refractivity contribution >= 4 is 16.5 Å². The van der Waals surface area contributed by atoms with Crippen LogP contribution < -0.4 is 9.47 Å². The van der Waals surface area contributed by atoms with Crippen LogP contribution in [0, 0.1) is 6.92 Å². The van der Waals surface area contributed by atoms with Gasteiger partial charge in [0.05, 0.1) is 24.0 Å². The summed E-state index contributed by atoms with van der Waals surface area (Å²) < 4.78 is 4.15. The van der Waals surface area contributed by atoms with E-state index in [4.69, 9.17) is 0 Å². The highest BCUT2D eigenvalue weighted by atomic mass is 32.1. The third-order valence-corrected chi connectivity index (χ3v) is 5.42. The van der Waals surface area contributed by atoms with Crippen molar-refractivity contribution in [3.05, 3.63) is 41.4 Å². The van der Waals surface area contributed by atoms with Crippen molar-refractivity contribution in [3.63, 3.8) is 0 Å². The summed E-state index contributed by atoms with van der Waals surface area (Å²) in [5.41, 5.74) is 2.15. The number of nitrogens with zero attached hydrogens (tertiary/aromatic N) is 5. The maximum Gasteiger partial charge on any atom is 0.342 e. The molecule has 0 amide bonds. The average molecular weight is 318 g/mol. The van der Waals surface area contributed by atoms with E-state index in [0.717, 1.165) is 5.69 Å². The highest BCUT2D eigenvalue weighted by Gasteiger charge is 2.41. The Kier molecular flexibility index (Phi) is 3.51. The molecule has 2 aromatic rings. The largest absolute Gasteiger partial charge is 0.342 e. The van der Waals surface area contributed by atoms with Crippen LogP contribution in [0.5, 0.6) is 0 Å². The molecule has 0 bridgehead atoms. The molecule has 1 atom stereocenters. The first-order valence-electron chi connectivity index (χ1n) is 7.51. The minimum absolute atomic E-state index is 0.128. The van der Waals surface area contributed by atoms with Crippen LogP contribution in [-0.2, 0) is 19.6 Å². The Balaban J connectivity index is 1.92. The van der Waals surface area contributed by atoms with Gasteiger partial charge in [0.15, 0.2) is 6.17 Å². The molecule has 0 saturated heterocycles. The molecule has 0 unspecified atom stereocenters. The summed E-state index contributed by atoms with van der Waals surface area (Å²) in [7, 11) is 4.11. The number of hydrogen-bond donors (Lipinski definition) is 0. The molecule has 22 heavy (non-hydrogen) atoms. The summed E-state index contributed by atoms with van der Waals surface area (Å²) in [6.07, 6.45) is 6.71. The number of rotatable bonds is 3. The molecule has 3 heterocycles. The van der Waals surface area contributed by atoms with E-state index < -0.39 is 0 Å². The van der Waals surface area contributed by atoms with E-state index in [0.29, 0.717) is 0 Å². The van der Waals surface area contributed by atoms with Gasteiger partial charge in [-0.05, 0) is 33.8 Å². The lowest BCUT2D eigenvalue weighted by molar-refractivity contribution is -0.654. The lowest BCUT2D eigenvalue weighted by Gasteiger charge is -2.38. The Bertz CT molecular complexity index is 712. The van der Waals surface area contributed by atoms with E-state index in [1.165, 1.54) is 10.8 Å². The smallest absolute Gasteiger partial charge is 0.325 e. The molecule has 1 aliphatic rings. The molecule has 6 heteroatoms. The number of anilines is 1. The molecule has 0 saturated carbocycles. The Labute approximate surface area is 136 Å². The van der Waals surface area contributed by atoms with Crippen molar-refractivity contribution in [1.82, 2.24) is 14.7 Å². The maximum absolute atomic E-state index is 4.51. The van der Waals surface area contributed by atoms with Crippen LogP contribution in [0.15, 0.2) is 30.0 Å². The third kappa shape index (κ3) is 2.22. The maximum atomic E-state index is 4.51. The Hall–Kier alpha value is -1.82. The second-order valence-corrected chi connectivity index (χ2v) is 7.27. The molecule has 2 aromatic heterocycles. The molecule has 0 spiro atoms. The van der Waals surface area contributed by atoms with Gasteiger partial charge in [0.1, 0.15) is 12.4 Å². The van der Waals surface area contributed by atoms with E-state index in [9.17, 15) is 0 Å². The first-order chi connectivity index (χ1) is 10.3. The van der Waals surface area contributed by atoms with Crippen LogP contribution in [0.1, 0.15) is 32.2 Å². The molecule has 0 fully saturated rings. The van der Waals surface area contributed by atoms with E-state index in [2.05, 4.69) is 77.3 Å². The van der Waals surface area contributed by atoms with Crippen LogP contribution >= 0.6 is 11.3 Å². The summed E-state index contributed by atoms with van der Waals surface area (Å²) in [4.78, 5) is 4.71. The van der Waals surface area contributed by atoms with E-state index in [1.807, 2.05) is 18.7 Å². The van der Waals surface area contributed by atoms with Crippen LogP contribution in [-0.4, -0.2) is 20.8 Å². The first kappa shape index (κ1) is 15.1. The number of aromatic nitrogens is 3. The molecule has 0 aromatic carbocycles. The van der Waals surface area contributed by atoms with Crippen LogP contribution in [0.2, 0.25) is 0 Å². The third-order valence-electron chi connectivity index (χ3n) is 4.45. The van der Waals surface area contributed by atoms with Gasteiger partial charge in [-0.2, -0.15) is 5.10 Å². The summed E-state index contributed by atoms with van der Waals surface area (Å²) >= 11 is 1.76. The predicted molar refractivity (Wildman–Crippen MR) is 89.4 cm³/mol. The highest BCUT2D eigenvalue weighted by molar-refractivity contribution is 7.13. The Morgan fingerprint density at radius 3 is 2.59 bits per heavy atom. The summed E-state index contributed by atoms with van der Waals surface area (Å²) in [5, 5.41) is 7.87. The Morgan fingerprint density at radius 2 is 2.05 bits per heavy atom. The first-order valence-corrected chi connectivity index (χ1v) is 8.39. The van der Waals surface area contributed by atoms with Crippen molar-refractivity contribution < 1.29 is 4.57 Å². The normalized spacial score (nSPS) is 18.5. The second kappa shape index (κ2) is 5.12. The molecule has 1 aliphatic heterocycles. The lowest BCUT2D eigenvalue weighted by atomic mass is 9.97. The quantitative estimate of drug-likeness (QED) is 0.814. The topological polar surface area (TPSA) is 28.2 Å². The summed E-state index contributed by atoms with van der Waals surface area (Å²) in [6.45, 7) is 8.79. The van der Waals surface area contributed by atoms with Crippen molar-refractivity contribution in [1.29, 1.82) is 0 Å². The lowest BCUT2D eigenvalue weighted by Crippen LogP contribution is -2.48. The fourth-order valence-corrected chi connectivity index (χ4v) is 4.22. The standard InChI is InChI=1S/C16H24N5S/c1-12-11-14(19(6)17-12)16(3,4)21-8-7-20(13(21)2)15-18(5)9-10-22-15/h7-11,13H,1-6H3/q+1/t13-/m1/s1. The summed E-state index contributed by atoms with van der Waals surface area (Å²) in [5.74, 6) is 0. The zero-order chi connectivity index (χ0) is 16.1. The van der Waals surface area contributed by atoms with Crippen molar-refractivity contribution in [2.24, 2.45) is 14.1 Å².